The highest BCUT2D eigenvalue weighted by Gasteiger charge is 2.54. The molecule has 1 fully saturated rings. The van der Waals surface area contributed by atoms with Crippen LogP contribution in [0.15, 0.2) is 34.3 Å². The number of aromatic nitrogens is 1. The van der Waals surface area contributed by atoms with Crippen molar-refractivity contribution in [2.24, 2.45) is 5.16 Å². The van der Waals surface area contributed by atoms with E-state index < -0.39 is 76.4 Å². The van der Waals surface area contributed by atoms with E-state index in [0.29, 0.717) is 35.9 Å². The number of amides is 3. The van der Waals surface area contributed by atoms with Gasteiger partial charge in [0, 0.05) is 43.4 Å². The van der Waals surface area contributed by atoms with Crippen LogP contribution in [0.4, 0.5) is 19.3 Å². The Labute approximate surface area is 250 Å². The van der Waals surface area contributed by atoms with E-state index in [9.17, 15) is 37.9 Å². The SMILES string of the molecule is COC(=O)N(c1c2n(cc(C(=O)NCc3ccc(F)cc3F)c1=O)[C@@H]1CN(C2=O)[C@@H](C)CC[C@]12CC(C)=NO2)[C@@H](C)C(=O)O. The largest absolute Gasteiger partial charge is 0.480 e. The molecule has 2 aromatic rings. The topological polar surface area (TPSA) is 160 Å². The van der Waals surface area contributed by atoms with Crippen LogP contribution in [0.25, 0.3) is 0 Å². The van der Waals surface area contributed by atoms with Crippen molar-refractivity contribution >= 4 is 35.3 Å². The Morgan fingerprint density at radius 2 is 2.02 bits per heavy atom. The van der Waals surface area contributed by atoms with E-state index in [1.165, 1.54) is 15.7 Å². The molecule has 3 aliphatic heterocycles. The number of nitrogens with one attached hydrogen (secondary N) is 1. The number of hydrogen-bond acceptors (Lipinski definition) is 8. The number of aliphatic carboxylic acids is 1. The lowest BCUT2D eigenvalue weighted by molar-refractivity contribution is -0.138. The van der Waals surface area contributed by atoms with Gasteiger partial charge in [0.25, 0.3) is 11.8 Å². The third-order valence-electron chi connectivity index (χ3n) is 8.50. The van der Waals surface area contributed by atoms with E-state index in [2.05, 4.69) is 10.5 Å². The molecule has 234 valence electrons. The molecule has 1 aromatic heterocycles. The van der Waals surface area contributed by atoms with Crippen LogP contribution in [0.2, 0.25) is 0 Å². The number of benzene rings is 1. The highest BCUT2D eigenvalue weighted by molar-refractivity contribution is 6.07. The summed E-state index contributed by atoms with van der Waals surface area (Å²) in [4.78, 5) is 75.1. The van der Waals surface area contributed by atoms with Gasteiger partial charge in [-0.3, -0.25) is 19.3 Å². The molecule has 0 radical (unpaired) electrons. The monoisotopic (exact) mass is 615 g/mol. The molecule has 1 spiro atoms. The molecule has 0 aliphatic carbocycles. The van der Waals surface area contributed by atoms with Gasteiger partial charge in [0.05, 0.1) is 18.9 Å². The number of carbonyl (C=O) groups excluding carboxylic acids is 3. The highest BCUT2D eigenvalue weighted by Crippen LogP contribution is 2.46. The number of rotatable bonds is 6. The number of oxime groups is 1. The quantitative estimate of drug-likeness (QED) is 0.502. The second kappa shape index (κ2) is 11.4. The summed E-state index contributed by atoms with van der Waals surface area (Å²) in [5.41, 5.74) is -3.00. The van der Waals surface area contributed by atoms with Gasteiger partial charge in [0.2, 0.25) is 5.43 Å². The van der Waals surface area contributed by atoms with Crippen molar-refractivity contribution in [3.05, 3.63) is 63.1 Å². The molecule has 2 bridgehead atoms. The summed E-state index contributed by atoms with van der Waals surface area (Å²) in [6, 6.07) is 0.0624. The fourth-order valence-corrected chi connectivity index (χ4v) is 6.10. The third-order valence-corrected chi connectivity index (χ3v) is 8.50. The summed E-state index contributed by atoms with van der Waals surface area (Å²) >= 11 is 0. The lowest BCUT2D eigenvalue weighted by atomic mass is 9.84. The molecular weight excluding hydrogens is 584 g/mol. The number of carboxylic acid groups (broad SMARTS) is 1. The fourth-order valence-electron chi connectivity index (χ4n) is 6.10. The maximum Gasteiger partial charge on any atom is 0.415 e. The summed E-state index contributed by atoms with van der Waals surface area (Å²) in [7, 11) is 0.983. The first-order valence-electron chi connectivity index (χ1n) is 13.9. The van der Waals surface area contributed by atoms with Gasteiger partial charge in [-0.2, -0.15) is 0 Å². The first-order chi connectivity index (χ1) is 20.8. The van der Waals surface area contributed by atoms with E-state index >= 15 is 0 Å². The zero-order valence-electron chi connectivity index (χ0n) is 24.4. The average molecular weight is 616 g/mol. The van der Waals surface area contributed by atoms with Crippen molar-refractivity contribution < 1.29 is 42.6 Å². The maximum atomic E-state index is 14.3. The number of methoxy groups -OCH3 is 1. The Kier molecular flexibility index (Phi) is 7.90. The van der Waals surface area contributed by atoms with Crippen molar-refractivity contribution in [3.63, 3.8) is 0 Å². The van der Waals surface area contributed by atoms with Gasteiger partial charge in [0.15, 0.2) is 5.60 Å². The average Bonchev–Trinajstić information content (AvgIpc) is 3.31. The van der Waals surface area contributed by atoms with Crippen molar-refractivity contribution in [1.29, 1.82) is 0 Å². The molecule has 1 aromatic carbocycles. The minimum absolute atomic E-state index is 0.0665. The van der Waals surface area contributed by atoms with Crippen LogP contribution in [0.3, 0.4) is 0 Å². The minimum Gasteiger partial charge on any atom is -0.480 e. The first kappa shape index (κ1) is 30.6. The predicted octanol–water partition coefficient (Wildman–Crippen LogP) is 2.82. The van der Waals surface area contributed by atoms with Gasteiger partial charge in [0.1, 0.15) is 34.6 Å². The van der Waals surface area contributed by atoms with Gasteiger partial charge < -0.3 is 29.5 Å². The minimum atomic E-state index is -1.70. The molecule has 15 heteroatoms. The molecule has 2 N–H and O–H groups in total. The van der Waals surface area contributed by atoms with Gasteiger partial charge >= 0.3 is 12.1 Å². The Morgan fingerprint density at radius 1 is 1.30 bits per heavy atom. The van der Waals surface area contributed by atoms with E-state index in [4.69, 9.17) is 9.57 Å². The second-order valence-electron chi connectivity index (χ2n) is 11.3. The smallest absolute Gasteiger partial charge is 0.415 e. The number of ether oxygens (including phenoxy) is 1. The molecule has 0 unspecified atom stereocenters. The summed E-state index contributed by atoms with van der Waals surface area (Å²) in [6.45, 7) is 4.43. The van der Waals surface area contributed by atoms with Crippen molar-refractivity contribution in [3.8, 4) is 0 Å². The van der Waals surface area contributed by atoms with Crippen molar-refractivity contribution in [2.45, 2.75) is 70.3 Å². The lowest BCUT2D eigenvalue weighted by Gasteiger charge is -2.43. The maximum absolute atomic E-state index is 14.3. The summed E-state index contributed by atoms with van der Waals surface area (Å²) in [6.07, 6.45) is 1.28. The van der Waals surface area contributed by atoms with E-state index in [1.807, 2.05) is 6.92 Å². The van der Waals surface area contributed by atoms with Gasteiger partial charge in [-0.25, -0.2) is 18.4 Å². The van der Waals surface area contributed by atoms with Gasteiger partial charge in [-0.05, 0) is 39.7 Å². The van der Waals surface area contributed by atoms with E-state index in [-0.39, 0.29) is 23.8 Å². The second-order valence-corrected chi connectivity index (χ2v) is 11.3. The fraction of sp³-hybridized carbons (Fsp3) is 0.448. The third kappa shape index (κ3) is 5.05. The number of fused-ring (bicyclic) bond motifs is 5. The van der Waals surface area contributed by atoms with Crippen LogP contribution in [0.1, 0.15) is 72.5 Å². The van der Waals surface area contributed by atoms with Crippen LogP contribution in [0, 0.1) is 11.6 Å². The van der Waals surface area contributed by atoms with Crippen LogP contribution < -0.4 is 15.6 Å². The number of halogens is 2. The number of nitrogens with zero attached hydrogens (tertiary/aromatic N) is 4. The number of carboxylic acids is 1. The predicted molar refractivity (Wildman–Crippen MR) is 151 cm³/mol. The van der Waals surface area contributed by atoms with Gasteiger partial charge in [-0.1, -0.05) is 11.2 Å². The van der Waals surface area contributed by atoms with Gasteiger partial charge in [-0.15, -0.1) is 0 Å². The molecule has 4 heterocycles. The number of hydrogen-bond donors (Lipinski definition) is 2. The summed E-state index contributed by atoms with van der Waals surface area (Å²) in [5, 5.41) is 16.4. The molecule has 3 aliphatic rings. The van der Waals surface area contributed by atoms with E-state index in [0.717, 1.165) is 26.2 Å². The summed E-state index contributed by atoms with van der Waals surface area (Å²) in [5.74, 6) is -4.91. The molecule has 5 rings (SSSR count). The Balaban J connectivity index is 1.73. The number of carbonyl (C=O) groups is 4. The van der Waals surface area contributed by atoms with Crippen LogP contribution >= 0.6 is 0 Å². The Morgan fingerprint density at radius 3 is 2.64 bits per heavy atom. The lowest BCUT2D eigenvalue weighted by Crippen LogP contribution is -2.55. The Bertz CT molecular complexity index is 1660. The van der Waals surface area contributed by atoms with Crippen molar-refractivity contribution in [1.82, 2.24) is 14.8 Å². The standard InChI is InChI=1S/C29H31F2N5O8/c1-14-10-29(44-33-14)8-7-15(2)34-13-21(29)35-12-19(25(38)32-11-17-5-6-18(30)9-20(17)31)24(37)22(23(35)26(34)39)36(28(42)43-4)16(3)27(40)41/h5-6,9,12,15-16,21H,7-8,10-11,13H2,1-4H3,(H,32,38)(H,40,41)/t15-,16-,21+,29-/m0/s1. The number of pyridine rings is 1. The normalized spacial score (nSPS) is 22.8. The Hall–Kier alpha value is -4.82. The number of anilines is 1. The molecule has 13 nitrogen and oxygen atoms in total. The van der Waals surface area contributed by atoms with E-state index in [1.54, 1.807) is 6.92 Å². The van der Waals surface area contributed by atoms with Crippen LogP contribution in [-0.2, 0) is 20.9 Å². The zero-order valence-corrected chi connectivity index (χ0v) is 24.4. The molecule has 3 amide bonds. The van der Waals surface area contributed by atoms with Crippen LogP contribution in [-0.4, -0.2) is 75.5 Å². The highest BCUT2D eigenvalue weighted by atomic mass is 19.1. The molecule has 44 heavy (non-hydrogen) atoms. The molecule has 0 saturated carbocycles. The first-order valence-corrected chi connectivity index (χ1v) is 13.9. The molecule has 1 saturated heterocycles. The zero-order chi connectivity index (χ0) is 32.1. The summed E-state index contributed by atoms with van der Waals surface area (Å²) < 4.78 is 33.9. The molecule has 4 atom stereocenters. The van der Waals surface area contributed by atoms with Crippen molar-refractivity contribution in [2.75, 3.05) is 18.6 Å². The van der Waals surface area contributed by atoms with Crippen LogP contribution in [0.5, 0.6) is 0 Å². The molecular formula is C29H31F2N5O8.